The first-order chi connectivity index (χ1) is 8.67. The first-order valence-corrected chi connectivity index (χ1v) is 4.51. The van der Waals surface area contributed by atoms with Gasteiger partial charge in [0.15, 0.2) is 5.75 Å². The highest BCUT2D eigenvalue weighted by molar-refractivity contribution is 5.90. The quantitative estimate of drug-likeness (QED) is 0.862. The van der Waals surface area contributed by atoms with Crippen LogP contribution in [0.1, 0.15) is 22.3 Å². The Morgan fingerprint density at radius 3 is 2.37 bits per heavy atom. The SMILES string of the molecule is COc1c(OC(F)(F)F)ncc(C(=O)O)c1C(F)F. The molecule has 0 saturated heterocycles. The lowest BCUT2D eigenvalue weighted by molar-refractivity contribution is -0.276. The monoisotopic (exact) mass is 287 g/mol. The highest BCUT2D eigenvalue weighted by Crippen LogP contribution is 2.39. The number of pyridine rings is 1. The summed E-state index contributed by atoms with van der Waals surface area (Å²) in [6.45, 7) is 0. The van der Waals surface area contributed by atoms with Gasteiger partial charge in [0.25, 0.3) is 12.3 Å². The van der Waals surface area contributed by atoms with Crippen LogP contribution in [0.25, 0.3) is 0 Å². The molecular formula is C9H6F5NO4. The van der Waals surface area contributed by atoms with Crippen LogP contribution in [0, 0.1) is 0 Å². The fourth-order valence-electron chi connectivity index (χ4n) is 1.26. The number of aromatic carboxylic acids is 1. The Kier molecular flexibility index (Phi) is 4.12. The molecule has 0 aliphatic carbocycles. The molecule has 19 heavy (non-hydrogen) atoms. The zero-order chi connectivity index (χ0) is 14.8. The molecule has 1 aromatic rings. The van der Waals surface area contributed by atoms with Gasteiger partial charge in [-0.3, -0.25) is 0 Å². The van der Waals surface area contributed by atoms with E-state index in [9.17, 15) is 26.7 Å². The van der Waals surface area contributed by atoms with E-state index in [0.29, 0.717) is 6.20 Å². The van der Waals surface area contributed by atoms with Crippen molar-refractivity contribution in [3.8, 4) is 11.6 Å². The molecule has 0 saturated carbocycles. The van der Waals surface area contributed by atoms with Gasteiger partial charge in [-0.2, -0.15) is 0 Å². The van der Waals surface area contributed by atoms with E-state index in [-0.39, 0.29) is 0 Å². The average Bonchev–Trinajstić information content (AvgIpc) is 2.25. The van der Waals surface area contributed by atoms with Crippen molar-refractivity contribution in [1.82, 2.24) is 4.98 Å². The molecule has 0 bridgehead atoms. The van der Waals surface area contributed by atoms with E-state index in [0.717, 1.165) is 7.11 Å². The van der Waals surface area contributed by atoms with Gasteiger partial charge in [0.2, 0.25) is 0 Å². The molecule has 0 spiro atoms. The van der Waals surface area contributed by atoms with E-state index in [1.807, 2.05) is 0 Å². The summed E-state index contributed by atoms with van der Waals surface area (Å²) in [5, 5.41) is 8.67. The molecule has 0 amide bonds. The molecular weight excluding hydrogens is 281 g/mol. The third kappa shape index (κ3) is 3.42. The normalized spacial score (nSPS) is 11.5. The minimum atomic E-state index is -5.18. The predicted octanol–water partition coefficient (Wildman–Crippen LogP) is 2.62. The van der Waals surface area contributed by atoms with Gasteiger partial charge in [-0.1, -0.05) is 0 Å². The Morgan fingerprint density at radius 2 is 2.00 bits per heavy atom. The Morgan fingerprint density at radius 1 is 1.42 bits per heavy atom. The number of carbonyl (C=O) groups is 1. The van der Waals surface area contributed by atoms with Crippen molar-refractivity contribution in [3.05, 3.63) is 17.3 Å². The average molecular weight is 287 g/mol. The molecule has 1 aromatic heterocycles. The Balaban J connectivity index is 3.45. The van der Waals surface area contributed by atoms with Gasteiger partial charge in [0.05, 0.1) is 18.2 Å². The predicted molar refractivity (Wildman–Crippen MR) is 49.4 cm³/mol. The van der Waals surface area contributed by atoms with Crippen molar-refractivity contribution in [2.45, 2.75) is 12.8 Å². The van der Waals surface area contributed by atoms with Gasteiger partial charge in [0, 0.05) is 6.20 Å². The molecule has 0 aromatic carbocycles. The van der Waals surface area contributed by atoms with E-state index in [1.165, 1.54) is 0 Å². The fourth-order valence-corrected chi connectivity index (χ4v) is 1.26. The summed E-state index contributed by atoms with van der Waals surface area (Å²) in [5.74, 6) is -4.14. The van der Waals surface area contributed by atoms with Crippen molar-refractivity contribution in [2.75, 3.05) is 7.11 Å². The summed E-state index contributed by atoms with van der Waals surface area (Å²) in [4.78, 5) is 13.7. The molecule has 1 N–H and O–H groups in total. The lowest BCUT2D eigenvalue weighted by atomic mass is 10.1. The van der Waals surface area contributed by atoms with Gasteiger partial charge in [-0.15, -0.1) is 13.2 Å². The number of aromatic nitrogens is 1. The molecule has 0 fully saturated rings. The maximum atomic E-state index is 12.7. The van der Waals surface area contributed by atoms with Crippen LogP contribution in [0.15, 0.2) is 6.20 Å². The van der Waals surface area contributed by atoms with E-state index in [4.69, 9.17) is 5.11 Å². The lowest BCUT2D eigenvalue weighted by Gasteiger charge is -2.15. The van der Waals surface area contributed by atoms with Gasteiger partial charge in [-0.05, 0) is 0 Å². The van der Waals surface area contributed by atoms with E-state index in [2.05, 4.69) is 14.5 Å². The summed E-state index contributed by atoms with van der Waals surface area (Å²) in [7, 11) is 0.789. The van der Waals surface area contributed by atoms with Crippen LogP contribution in [0.2, 0.25) is 0 Å². The Hall–Kier alpha value is -2.13. The lowest BCUT2D eigenvalue weighted by Crippen LogP contribution is -2.19. The maximum absolute atomic E-state index is 12.7. The van der Waals surface area contributed by atoms with Crippen LogP contribution in [-0.4, -0.2) is 29.5 Å². The van der Waals surface area contributed by atoms with Crippen LogP contribution in [0.5, 0.6) is 11.6 Å². The highest BCUT2D eigenvalue weighted by Gasteiger charge is 2.36. The van der Waals surface area contributed by atoms with Gasteiger partial charge < -0.3 is 14.6 Å². The largest absolute Gasteiger partial charge is 0.574 e. The maximum Gasteiger partial charge on any atom is 0.574 e. The molecule has 1 heterocycles. The zero-order valence-corrected chi connectivity index (χ0v) is 9.16. The van der Waals surface area contributed by atoms with E-state index >= 15 is 0 Å². The fraction of sp³-hybridized carbons (Fsp3) is 0.333. The van der Waals surface area contributed by atoms with Gasteiger partial charge >= 0.3 is 12.3 Å². The topological polar surface area (TPSA) is 68.7 Å². The zero-order valence-electron chi connectivity index (χ0n) is 9.16. The number of alkyl halides is 5. The van der Waals surface area contributed by atoms with Crippen molar-refractivity contribution in [1.29, 1.82) is 0 Å². The number of halogens is 5. The van der Waals surface area contributed by atoms with Crippen LogP contribution in [0.4, 0.5) is 22.0 Å². The number of hydrogen-bond acceptors (Lipinski definition) is 4. The van der Waals surface area contributed by atoms with Gasteiger partial charge in [0.1, 0.15) is 0 Å². The summed E-state index contributed by atoms with van der Waals surface area (Å²) < 4.78 is 69.3. The highest BCUT2D eigenvalue weighted by atomic mass is 19.4. The molecule has 5 nitrogen and oxygen atoms in total. The molecule has 10 heteroatoms. The molecule has 0 aliphatic heterocycles. The summed E-state index contributed by atoms with van der Waals surface area (Å²) in [6, 6.07) is 0. The standard InChI is InChI=1S/C9H6F5NO4/c1-18-5-4(6(10)11)3(8(16)17)2-15-7(5)19-9(12,13)14/h2,6H,1H3,(H,16,17). The molecule has 1 rings (SSSR count). The second-order valence-electron chi connectivity index (χ2n) is 3.08. The van der Waals surface area contributed by atoms with E-state index < -0.39 is 41.5 Å². The van der Waals surface area contributed by atoms with Crippen molar-refractivity contribution >= 4 is 5.97 Å². The Labute approximate surface area is 102 Å². The number of nitrogens with zero attached hydrogens (tertiary/aromatic N) is 1. The third-order valence-corrected chi connectivity index (χ3v) is 1.91. The van der Waals surface area contributed by atoms with E-state index in [1.54, 1.807) is 0 Å². The van der Waals surface area contributed by atoms with Crippen LogP contribution in [-0.2, 0) is 0 Å². The number of hydrogen-bond donors (Lipinski definition) is 1. The number of ether oxygens (including phenoxy) is 2. The molecule has 0 atom stereocenters. The summed E-state index contributed by atoms with van der Waals surface area (Å²) >= 11 is 0. The van der Waals surface area contributed by atoms with Gasteiger partial charge in [-0.25, -0.2) is 18.6 Å². The number of carboxylic acids is 1. The third-order valence-electron chi connectivity index (χ3n) is 1.91. The number of rotatable bonds is 4. The second-order valence-corrected chi connectivity index (χ2v) is 3.08. The minimum Gasteiger partial charge on any atom is -0.491 e. The van der Waals surface area contributed by atoms with Crippen LogP contribution < -0.4 is 9.47 Å². The summed E-state index contributed by atoms with van der Waals surface area (Å²) in [6.07, 6.45) is -8.21. The molecule has 106 valence electrons. The smallest absolute Gasteiger partial charge is 0.491 e. The molecule has 0 unspecified atom stereocenters. The van der Waals surface area contributed by atoms with Crippen molar-refractivity contribution < 1.29 is 41.3 Å². The first kappa shape index (κ1) is 14.9. The number of methoxy groups -OCH3 is 1. The molecule has 0 aliphatic rings. The van der Waals surface area contributed by atoms with Crippen LogP contribution >= 0.6 is 0 Å². The second kappa shape index (κ2) is 5.24. The Bertz CT molecular complexity index is 488. The number of carboxylic acid groups (broad SMARTS) is 1. The van der Waals surface area contributed by atoms with Crippen LogP contribution in [0.3, 0.4) is 0 Å². The first-order valence-electron chi connectivity index (χ1n) is 4.51. The molecule has 0 radical (unpaired) electrons. The summed E-state index contributed by atoms with van der Waals surface area (Å²) in [5.41, 5.74) is -2.20. The minimum absolute atomic E-state index is 0.341. The van der Waals surface area contributed by atoms with Crippen molar-refractivity contribution in [2.24, 2.45) is 0 Å². The van der Waals surface area contributed by atoms with Crippen molar-refractivity contribution in [3.63, 3.8) is 0 Å².